The third-order valence-electron chi connectivity index (χ3n) is 4.48. The first-order chi connectivity index (χ1) is 12.8. The predicted molar refractivity (Wildman–Crippen MR) is 105 cm³/mol. The van der Waals surface area contributed by atoms with E-state index in [1.165, 1.54) is 11.8 Å². The van der Waals surface area contributed by atoms with Crippen molar-refractivity contribution in [3.05, 3.63) is 36.5 Å². The molecule has 140 valence electrons. The second-order valence-corrected chi connectivity index (χ2v) is 7.47. The van der Waals surface area contributed by atoms with Crippen molar-refractivity contribution < 1.29 is 9.53 Å². The Morgan fingerprint density at radius 3 is 2.96 bits per heavy atom. The maximum absolute atomic E-state index is 12.0. The van der Waals surface area contributed by atoms with Gasteiger partial charge < -0.3 is 14.6 Å². The zero-order valence-corrected chi connectivity index (χ0v) is 16.1. The minimum Gasteiger partial charge on any atom is -0.376 e. The van der Waals surface area contributed by atoms with Crippen molar-refractivity contribution in [3.63, 3.8) is 0 Å². The van der Waals surface area contributed by atoms with Crippen molar-refractivity contribution in [2.45, 2.75) is 50.4 Å². The summed E-state index contributed by atoms with van der Waals surface area (Å²) < 4.78 is 8.03. The van der Waals surface area contributed by atoms with Crippen LogP contribution >= 0.6 is 11.8 Å². The number of carbonyl (C=O) groups is 1. The van der Waals surface area contributed by atoms with Gasteiger partial charge in [-0.05, 0) is 24.8 Å². The third kappa shape index (κ3) is 5.11. The van der Waals surface area contributed by atoms with Crippen LogP contribution in [0.5, 0.6) is 0 Å². The summed E-state index contributed by atoms with van der Waals surface area (Å²) >= 11 is 1.50. The molecule has 0 radical (unpaired) electrons. The Kier molecular flexibility index (Phi) is 7.14. The first kappa shape index (κ1) is 19.0. The van der Waals surface area contributed by atoms with Crippen molar-refractivity contribution in [1.82, 2.24) is 14.9 Å². The van der Waals surface area contributed by atoms with Crippen molar-refractivity contribution >= 4 is 17.7 Å². The molecule has 0 spiro atoms. The van der Waals surface area contributed by atoms with E-state index < -0.39 is 0 Å². The Morgan fingerprint density at radius 1 is 1.38 bits per heavy atom. The van der Waals surface area contributed by atoms with Crippen LogP contribution in [0, 0.1) is 0 Å². The predicted octanol–water partition coefficient (Wildman–Crippen LogP) is 3.74. The maximum atomic E-state index is 12.0. The summed E-state index contributed by atoms with van der Waals surface area (Å²) in [5.74, 6) is 0.455. The van der Waals surface area contributed by atoms with E-state index in [-0.39, 0.29) is 12.0 Å². The highest BCUT2D eigenvalue weighted by molar-refractivity contribution is 7.99. The van der Waals surface area contributed by atoms with Gasteiger partial charge in [0, 0.05) is 13.2 Å². The van der Waals surface area contributed by atoms with Gasteiger partial charge in [-0.25, -0.2) is 4.98 Å². The molecule has 1 aliphatic rings. The Bertz CT molecular complexity index is 696. The fourth-order valence-corrected chi connectivity index (χ4v) is 3.89. The number of imidazole rings is 1. The number of rotatable bonds is 9. The topological polar surface area (TPSA) is 56.2 Å². The minimum absolute atomic E-state index is 0.0661. The quantitative estimate of drug-likeness (QED) is 0.537. The number of nitrogens with one attached hydrogen (secondary N) is 1. The van der Waals surface area contributed by atoms with Gasteiger partial charge in [-0.2, -0.15) is 0 Å². The molecule has 0 saturated carbocycles. The molecule has 1 atom stereocenters. The van der Waals surface area contributed by atoms with E-state index in [9.17, 15) is 4.79 Å². The van der Waals surface area contributed by atoms with Crippen molar-refractivity contribution in [2.75, 3.05) is 18.9 Å². The number of hydrogen-bond donors (Lipinski definition) is 1. The Labute approximate surface area is 159 Å². The normalized spacial score (nSPS) is 16.7. The van der Waals surface area contributed by atoms with Gasteiger partial charge in [0.25, 0.3) is 0 Å². The average Bonchev–Trinajstić information content (AvgIpc) is 3.31. The number of nitrogens with zero attached hydrogens (tertiary/aromatic N) is 2. The number of unbranched alkanes of at least 4 members (excludes halogenated alkanes) is 1. The lowest BCUT2D eigenvalue weighted by atomic mass is 10.1. The highest BCUT2D eigenvalue weighted by atomic mass is 32.2. The average molecular weight is 374 g/mol. The van der Waals surface area contributed by atoms with E-state index in [4.69, 9.17) is 4.74 Å². The number of carbonyl (C=O) groups excluding carboxylic acids is 1. The van der Waals surface area contributed by atoms with Crippen LogP contribution < -0.4 is 5.32 Å². The minimum atomic E-state index is 0.0661. The van der Waals surface area contributed by atoms with Gasteiger partial charge in [0.05, 0.1) is 30.3 Å². The summed E-state index contributed by atoms with van der Waals surface area (Å²) in [7, 11) is 0. The van der Waals surface area contributed by atoms with Crippen LogP contribution in [0.4, 0.5) is 0 Å². The van der Waals surface area contributed by atoms with Gasteiger partial charge in [-0.3, -0.25) is 4.79 Å². The van der Waals surface area contributed by atoms with E-state index >= 15 is 0 Å². The van der Waals surface area contributed by atoms with E-state index in [2.05, 4.69) is 33.9 Å². The molecule has 0 unspecified atom stereocenters. The van der Waals surface area contributed by atoms with Gasteiger partial charge in [-0.1, -0.05) is 55.4 Å². The monoisotopic (exact) mass is 373 g/mol. The molecule has 26 heavy (non-hydrogen) atoms. The molecule has 6 heteroatoms. The molecule has 1 aromatic carbocycles. The molecule has 1 aliphatic heterocycles. The van der Waals surface area contributed by atoms with Crippen LogP contribution in [0.15, 0.2) is 41.7 Å². The lowest BCUT2D eigenvalue weighted by Crippen LogP contribution is -2.26. The van der Waals surface area contributed by atoms with E-state index in [1.807, 2.05) is 24.4 Å². The van der Waals surface area contributed by atoms with E-state index in [0.29, 0.717) is 5.75 Å². The molecule has 1 N–H and O–H groups in total. The number of amides is 1. The van der Waals surface area contributed by atoms with E-state index in [0.717, 1.165) is 61.8 Å². The van der Waals surface area contributed by atoms with Crippen molar-refractivity contribution in [3.8, 4) is 11.3 Å². The lowest BCUT2D eigenvalue weighted by molar-refractivity contribution is -0.118. The molecule has 1 amide bonds. The second kappa shape index (κ2) is 9.78. The molecule has 0 bridgehead atoms. The third-order valence-corrected chi connectivity index (χ3v) is 5.47. The van der Waals surface area contributed by atoms with Gasteiger partial charge in [0.2, 0.25) is 5.91 Å². The van der Waals surface area contributed by atoms with Gasteiger partial charge in [-0.15, -0.1) is 0 Å². The van der Waals surface area contributed by atoms with Crippen LogP contribution in [0.25, 0.3) is 11.3 Å². The number of aromatic nitrogens is 2. The van der Waals surface area contributed by atoms with Gasteiger partial charge in [0.1, 0.15) is 0 Å². The number of thioether (sulfide) groups is 1. The molecular weight excluding hydrogens is 346 g/mol. The summed E-state index contributed by atoms with van der Waals surface area (Å²) in [6, 6.07) is 10.3. The summed E-state index contributed by atoms with van der Waals surface area (Å²) in [6.07, 6.45) is 6.42. The Hall–Kier alpha value is -1.79. The SMILES string of the molecule is CCCCNC(=O)CSc1ncc(-c2ccccc2)n1C[C@@H]1CCCO1. The molecule has 5 nitrogen and oxygen atoms in total. The van der Waals surface area contributed by atoms with Crippen LogP contribution in [-0.2, 0) is 16.1 Å². The van der Waals surface area contributed by atoms with Crippen LogP contribution in [-0.4, -0.2) is 40.5 Å². The molecular formula is C20H27N3O2S. The number of hydrogen-bond acceptors (Lipinski definition) is 4. The highest BCUT2D eigenvalue weighted by Gasteiger charge is 2.21. The van der Waals surface area contributed by atoms with Crippen LogP contribution in [0.3, 0.4) is 0 Å². The maximum Gasteiger partial charge on any atom is 0.230 e. The first-order valence-corrected chi connectivity index (χ1v) is 10.4. The van der Waals surface area contributed by atoms with Crippen LogP contribution in [0.2, 0.25) is 0 Å². The molecule has 1 aromatic heterocycles. The fourth-order valence-electron chi connectivity index (χ4n) is 3.07. The van der Waals surface area contributed by atoms with Gasteiger partial charge >= 0.3 is 0 Å². The summed E-state index contributed by atoms with van der Waals surface area (Å²) in [6.45, 7) is 4.48. The number of benzene rings is 1. The number of ether oxygens (including phenoxy) is 1. The largest absolute Gasteiger partial charge is 0.376 e. The lowest BCUT2D eigenvalue weighted by Gasteiger charge is -2.16. The summed E-state index contributed by atoms with van der Waals surface area (Å²) in [4.78, 5) is 16.6. The second-order valence-electron chi connectivity index (χ2n) is 6.53. The Balaban J connectivity index is 1.71. The zero-order chi connectivity index (χ0) is 18.2. The Morgan fingerprint density at radius 2 is 2.23 bits per heavy atom. The van der Waals surface area contributed by atoms with Crippen molar-refractivity contribution in [2.24, 2.45) is 0 Å². The van der Waals surface area contributed by atoms with Crippen LogP contribution in [0.1, 0.15) is 32.6 Å². The molecule has 3 rings (SSSR count). The fraction of sp³-hybridized carbons (Fsp3) is 0.500. The van der Waals surface area contributed by atoms with Gasteiger partial charge in [0.15, 0.2) is 5.16 Å². The zero-order valence-electron chi connectivity index (χ0n) is 15.3. The molecule has 0 aliphatic carbocycles. The smallest absolute Gasteiger partial charge is 0.230 e. The first-order valence-electron chi connectivity index (χ1n) is 9.40. The summed E-state index contributed by atoms with van der Waals surface area (Å²) in [5, 5.41) is 3.84. The molecule has 2 aromatic rings. The molecule has 2 heterocycles. The molecule has 1 fully saturated rings. The summed E-state index contributed by atoms with van der Waals surface area (Å²) in [5.41, 5.74) is 2.22. The van der Waals surface area contributed by atoms with Crippen molar-refractivity contribution in [1.29, 1.82) is 0 Å². The standard InChI is InChI=1S/C20H27N3O2S/c1-2-3-11-21-19(24)15-26-20-22-13-18(16-8-5-4-6-9-16)23(20)14-17-10-7-12-25-17/h4-6,8-9,13,17H,2-3,7,10-12,14-15H2,1H3,(H,21,24)/t17-/m0/s1. The van der Waals surface area contributed by atoms with E-state index in [1.54, 1.807) is 0 Å². The molecule has 1 saturated heterocycles. The highest BCUT2D eigenvalue weighted by Crippen LogP contribution is 2.28.